The Morgan fingerprint density at radius 3 is 2.67 bits per heavy atom. The summed E-state index contributed by atoms with van der Waals surface area (Å²) < 4.78 is 6.13. The minimum Gasteiger partial charge on any atom is -0.478 e. The van der Waals surface area contributed by atoms with E-state index in [1.165, 1.54) is 16.5 Å². The summed E-state index contributed by atoms with van der Waals surface area (Å²) in [7, 11) is 0. The molecule has 0 spiro atoms. The van der Waals surface area contributed by atoms with Crippen molar-refractivity contribution in [3.63, 3.8) is 0 Å². The number of aliphatic carboxylic acids is 1. The molecule has 1 saturated carbocycles. The van der Waals surface area contributed by atoms with Crippen molar-refractivity contribution in [3.8, 4) is 0 Å². The monoisotopic (exact) mass is 366 g/mol. The molecule has 0 unspecified atom stereocenters. The van der Waals surface area contributed by atoms with E-state index in [9.17, 15) is 4.79 Å². The van der Waals surface area contributed by atoms with Crippen molar-refractivity contribution in [2.75, 3.05) is 0 Å². The molecule has 1 heterocycles. The van der Waals surface area contributed by atoms with Crippen molar-refractivity contribution in [1.82, 2.24) is 0 Å². The summed E-state index contributed by atoms with van der Waals surface area (Å²) in [5, 5.41) is 10.2. The predicted octanol–water partition coefficient (Wildman–Crippen LogP) is 6.16. The summed E-state index contributed by atoms with van der Waals surface area (Å²) in [6.07, 6.45) is 7.66. The lowest BCUT2D eigenvalue weighted by molar-refractivity contribution is -0.132. The molecular weight excluding hydrogens is 336 g/mol. The third-order valence-corrected chi connectivity index (χ3v) is 5.82. The van der Waals surface area contributed by atoms with Gasteiger partial charge in [-0.1, -0.05) is 58.9 Å². The minimum atomic E-state index is -0.870. The van der Waals surface area contributed by atoms with Crippen LogP contribution >= 0.6 is 0 Å². The largest absolute Gasteiger partial charge is 0.478 e. The van der Waals surface area contributed by atoms with E-state index in [1.807, 2.05) is 6.08 Å². The third kappa shape index (κ3) is 3.60. The van der Waals surface area contributed by atoms with Crippen molar-refractivity contribution in [2.45, 2.75) is 65.2 Å². The number of hydrogen-bond donors (Lipinski definition) is 1. The first-order valence-electron chi connectivity index (χ1n) is 9.72. The summed E-state index contributed by atoms with van der Waals surface area (Å²) in [5.41, 5.74) is 4.12. The van der Waals surface area contributed by atoms with E-state index < -0.39 is 5.97 Å². The first kappa shape index (κ1) is 19.5. The Morgan fingerprint density at radius 2 is 2.07 bits per heavy atom. The highest BCUT2D eigenvalue weighted by Crippen LogP contribution is 2.55. The lowest BCUT2D eigenvalue weighted by Crippen LogP contribution is -2.13. The first-order chi connectivity index (χ1) is 12.6. The number of furan rings is 1. The van der Waals surface area contributed by atoms with Crippen LogP contribution in [0, 0.1) is 5.92 Å². The van der Waals surface area contributed by atoms with Crippen molar-refractivity contribution in [2.24, 2.45) is 5.92 Å². The van der Waals surface area contributed by atoms with Gasteiger partial charge in [0.1, 0.15) is 11.3 Å². The average molecular weight is 367 g/mol. The van der Waals surface area contributed by atoms with Gasteiger partial charge in [0.2, 0.25) is 0 Å². The van der Waals surface area contributed by atoms with Crippen LogP contribution < -0.4 is 0 Å². The van der Waals surface area contributed by atoms with E-state index in [1.54, 1.807) is 13.0 Å². The van der Waals surface area contributed by atoms with Gasteiger partial charge in [-0.2, -0.15) is 0 Å². The van der Waals surface area contributed by atoms with E-state index in [0.717, 1.165) is 24.2 Å². The Bertz CT molecular complexity index is 936. The maximum atomic E-state index is 10.9. The molecule has 1 aliphatic carbocycles. The molecular formula is C24H30O3. The van der Waals surface area contributed by atoms with Crippen LogP contribution in [-0.4, -0.2) is 11.1 Å². The van der Waals surface area contributed by atoms with E-state index in [4.69, 9.17) is 9.52 Å². The summed E-state index contributed by atoms with van der Waals surface area (Å²) >= 11 is 0. The molecule has 1 N–H and O–H groups in total. The highest BCUT2D eigenvalue weighted by atomic mass is 16.4. The number of fused-ring (bicyclic) bond motifs is 1. The smallest absolute Gasteiger partial charge is 0.331 e. The van der Waals surface area contributed by atoms with E-state index >= 15 is 0 Å². The molecule has 0 radical (unpaired) electrons. The van der Waals surface area contributed by atoms with Gasteiger partial charge in [-0.15, -0.1) is 0 Å². The van der Waals surface area contributed by atoms with Crippen molar-refractivity contribution < 1.29 is 14.3 Å². The summed E-state index contributed by atoms with van der Waals surface area (Å²) in [4.78, 5) is 10.9. The Morgan fingerprint density at radius 1 is 1.37 bits per heavy atom. The second-order valence-electron chi connectivity index (χ2n) is 8.98. The topological polar surface area (TPSA) is 50.4 Å². The normalized spacial score (nSPS) is 23.3. The van der Waals surface area contributed by atoms with Crippen LogP contribution in [0.1, 0.15) is 64.9 Å². The van der Waals surface area contributed by atoms with Gasteiger partial charge >= 0.3 is 5.97 Å². The lowest BCUT2D eigenvalue weighted by Gasteiger charge is -2.19. The molecule has 3 rings (SSSR count). The number of carboxylic acid groups (broad SMARTS) is 1. The predicted molar refractivity (Wildman–Crippen MR) is 110 cm³/mol. The lowest BCUT2D eigenvalue weighted by atomic mass is 9.83. The Balaban J connectivity index is 1.93. The number of carbonyl (C=O) groups is 1. The van der Waals surface area contributed by atoms with Crippen LogP contribution in [0.3, 0.4) is 0 Å². The fourth-order valence-corrected chi connectivity index (χ4v) is 3.99. The molecule has 144 valence electrons. The van der Waals surface area contributed by atoms with E-state index in [-0.39, 0.29) is 10.8 Å². The molecule has 27 heavy (non-hydrogen) atoms. The second-order valence-corrected chi connectivity index (χ2v) is 8.98. The molecule has 1 aromatic heterocycles. The number of aryl methyl sites for hydroxylation is 1. The Hall–Kier alpha value is -2.29. The third-order valence-electron chi connectivity index (χ3n) is 5.82. The molecule has 3 heteroatoms. The first-order valence-corrected chi connectivity index (χ1v) is 9.72. The fraction of sp³-hybridized carbons (Fsp3) is 0.458. The van der Waals surface area contributed by atoms with Gasteiger partial charge in [-0.25, -0.2) is 4.79 Å². The molecule has 0 amide bonds. The highest BCUT2D eigenvalue weighted by molar-refractivity contribution is 5.86. The molecule has 2 aromatic rings. The number of carboxylic acids is 1. The zero-order chi connectivity index (χ0) is 20.0. The van der Waals surface area contributed by atoms with Crippen LogP contribution in [-0.2, 0) is 22.0 Å². The Kier molecular flexibility index (Phi) is 4.83. The van der Waals surface area contributed by atoms with Gasteiger partial charge in [-0.05, 0) is 47.8 Å². The second kappa shape index (κ2) is 6.70. The van der Waals surface area contributed by atoms with Crippen molar-refractivity contribution >= 4 is 16.9 Å². The summed E-state index contributed by atoms with van der Waals surface area (Å²) in [6.45, 7) is 12.8. The standard InChI is InChI=1S/C24H30O3/c1-7-19-21(23(3,4)5)18-13-16(11-12-20(18)27-19)24(6)14-17(24)10-8-9-15(2)22(25)26/h8-13,17H,7,14H2,1-6H3,(H,25,26)/b10-8+,15-9+/t17-,24-/m1/s1. The summed E-state index contributed by atoms with van der Waals surface area (Å²) in [5.74, 6) is 0.648. The van der Waals surface area contributed by atoms with Crippen LogP contribution in [0.15, 0.2) is 46.4 Å². The van der Waals surface area contributed by atoms with Gasteiger partial charge in [0.05, 0.1) is 0 Å². The SMILES string of the molecule is CCc1oc2ccc([C@@]3(C)C[C@H]3/C=C/C=C(\C)C(=O)O)cc2c1C(C)(C)C. The Labute approximate surface area is 161 Å². The fourth-order valence-electron chi connectivity index (χ4n) is 3.99. The van der Waals surface area contributed by atoms with Crippen LogP contribution in [0.5, 0.6) is 0 Å². The van der Waals surface area contributed by atoms with E-state index in [0.29, 0.717) is 11.5 Å². The quantitative estimate of drug-likeness (QED) is 0.509. The number of rotatable bonds is 5. The van der Waals surface area contributed by atoms with Gasteiger partial charge in [0.25, 0.3) is 0 Å². The number of allylic oxidation sites excluding steroid dienone is 3. The molecule has 1 aromatic carbocycles. The van der Waals surface area contributed by atoms with Crippen LogP contribution in [0.2, 0.25) is 0 Å². The van der Waals surface area contributed by atoms with Crippen LogP contribution in [0.4, 0.5) is 0 Å². The molecule has 0 bridgehead atoms. The van der Waals surface area contributed by atoms with Crippen LogP contribution in [0.25, 0.3) is 11.0 Å². The average Bonchev–Trinajstić information content (AvgIpc) is 3.09. The number of hydrogen-bond acceptors (Lipinski definition) is 2. The maximum Gasteiger partial charge on any atom is 0.331 e. The molecule has 2 atom stereocenters. The van der Waals surface area contributed by atoms with Gasteiger partial charge in [-0.3, -0.25) is 0 Å². The summed E-state index contributed by atoms with van der Waals surface area (Å²) in [6, 6.07) is 6.60. The molecule has 1 aliphatic rings. The van der Waals surface area contributed by atoms with Crippen molar-refractivity contribution in [3.05, 3.63) is 58.9 Å². The molecule has 0 aliphatic heterocycles. The van der Waals surface area contributed by atoms with E-state index in [2.05, 4.69) is 58.9 Å². The highest BCUT2D eigenvalue weighted by Gasteiger charge is 2.49. The zero-order valence-corrected chi connectivity index (χ0v) is 17.2. The molecule has 3 nitrogen and oxygen atoms in total. The van der Waals surface area contributed by atoms with Gasteiger partial charge in [0.15, 0.2) is 0 Å². The molecule has 0 saturated heterocycles. The number of benzene rings is 1. The van der Waals surface area contributed by atoms with Gasteiger partial charge in [0, 0.05) is 22.9 Å². The van der Waals surface area contributed by atoms with Crippen molar-refractivity contribution in [1.29, 1.82) is 0 Å². The zero-order valence-electron chi connectivity index (χ0n) is 17.2. The van der Waals surface area contributed by atoms with Gasteiger partial charge < -0.3 is 9.52 Å². The maximum absolute atomic E-state index is 10.9. The minimum absolute atomic E-state index is 0.0398. The molecule has 1 fully saturated rings.